The molecule has 1 saturated carbocycles. The molecule has 1 N–H and O–H groups in total. The van der Waals surface area contributed by atoms with Gasteiger partial charge in [0.25, 0.3) is 5.56 Å². The van der Waals surface area contributed by atoms with Crippen molar-refractivity contribution in [2.75, 3.05) is 36.0 Å². The van der Waals surface area contributed by atoms with Crippen LogP contribution in [0.5, 0.6) is 0 Å². The molecule has 5 rings (SSSR count). The summed E-state index contributed by atoms with van der Waals surface area (Å²) in [6, 6.07) is 2.14. The lowest BCUT2D eigenvalue weighted by Gasteiger charge is -2.23. The van der Waals surface area contributed by atoms with Gasteiger partial charge in [0.1, 0.15) is 12.1 Å². The Kier molecular flexibility index (Phi) is 3.48. The minimum atomic E-state index is -0.797. The van der Waals surface area contributed by atoms with Crippen LogP contribution in [-0.4, -0.2) is 46.1 Å². The summed E-state index contributed by atoms with van der Waals surface area (Å²) in [5.74, 6) is 2.31. The maximum atomic E-state index is 13.5. The summed E-state index contributed by atoms with van der Waals surface area (Å²) in [5, 5.41) is 0. The van der Waals surface area contributed by atoms with Crippen molar-refractivity contribution in [1.29, 1.82) is 0 Å². The predicted molar refractivity (Wildman–Crippen MR) is 95.0 cm³/mol. The molecule has 0 aromatic carbocycles. The van der Waals surface area contributed by atoms with Crippen LogP contribution >= 0.6 is 0 Å². The first-order valence-corrected chi connectivity index (χ1v) is 9.16. The van der Waals surface area contributed by atoms with Crippen LogP contribution in [-0.2, 0) is 0 Å². The molecular weight excluding hydrogens is 335 g/mol. The smallest absolute Gasteiger partial charge is 0.288 e. The fourth-order valence-corrected chi connectivity index (χ4v) is 4.20. The number of nitrogens with one attached hydrogen (secondary N) is 1. The molecule has 136 valence electrons. The molecule has 3 fully saturated rings. The average Bonchev–Trinajstić information content (AvgIpc) is 3.29. The molecular formula is C18H21FN6O. The van der Waals surface area contributed by atoms with Crippen LogP contribution < -0.4 is 15.4 Å². The number of aromatic amines is 1. The van der Waals surface area contributed by atoms with Crippen molar-refractivity contribution in [2.24, 2.45) is 11.8 Å². The second kappa shape index (κ2) is 5.75. The van der Waals surface area contributed by atoms with Gasteiger partial charge in [-0.3, -0.25) is 9.78 Å². The van der Waals surface area contributed by atoms with Crippen LogP contribution in [0.1, 0.15) is 30.1 Å². The Morgan fingerprint density at radius 2 is 1.81 bits per heavy atom. The number of H-pyrrole nitrogens is 1. The maximum absolute atomic E-state index is 13.5. The van der Waals surface area contributed by atoms with Gasteiger partial charge in [0, 0.05) is 55.7 Å². The Balaban J connectivity index is 1.30. The molecule has 0 spiro atoms. The lowest BCUT2D eigenvalue weighted by atomic mass is 10.0. The zero-order valence-electron chi connectivity index (χ0n) is 14.7. The molecule has 4 heterocycles. The van der Waals surface area contributed by atoms with Gasteiger partial charge in [-0.2, -0.15) is 4.39 Å². The summed E-state index contributed by atoms with van der Waals surface area (Å²) in [7, 11) is 0. The molecule has 2 aromatic heterocycles. The molecule has 7 nitrogen and oxygen atoms in total. The van der Waals surface area contributed by atoms with E-state index in [0.29, 0.717) is 23.7 Å². The molecule has 2 atom stereocenters. The normalized spacial score (nSPS) is 25.0. The van der Waals surface area contributed by atoms with E-state index in [1.54, 1.807) is 6.33 Å². The van der Waals surface area contributed by atoms with Gasteiger partial charge >= 0.3 is 0 Å². The molecule has 2 saturated heterocycles. The quantitative estimate of drug-likeness (QED) is 0.897. The van der Waals surface area contributed by atoms with Crippen LogP contribution in [0.3, 0.4) is 0 Å². The number of anilines is 2. The van der Waals surface area contributed by atoms with Crippen LogP contribution in [0, 0.1) is 24.6 Å². The van der Waals surface area contributed by atoms with Crippen molar-refractivity contribution >= 4 is 11.8 Å². The zero-order chi connectivity index (χ0) is 17.8. The highest BCUT2D eigenvalue weighted by atomic mass is 19.1. The SMILES string of the molecule is Cc1nc(N2CC3CN(c4cc(C5CC5)ncn4)CC3C2)[nH]c(=O)c1F. The summed E-state index contributed by atoms with van der Waals surface area (Å²) < 4.78 is 13.5. The molecule has 26 heavy (non-hydrogen) atoms. The van der Waals surface area contributed by atoms with Gasteiger partial charge in [-0.05, 0) is 19.8 Å². The molecule has 2 unspecified atom stereocenters. The zero-order valence-corrected chi connectivity index (χ0v) is 14.7. The Bertz CT molecular complexity index is 897. The van der Waals surface area contributed by atoms with Gasteiger partial charge in [0.05, 0.1) is 5.69 Å². The van der Waals surface area contributed by atoms with E-state index < -0.39 is 11.4 Å². The van der Waals surface area contributed by atoms with Gasteiger partial charge in [0.15, 0.2) is 0 Å². The molecule has 0 radical (unpaired) electrons. The van der Waals surface area contributed by atoms with E-state index in [0.717, 1.165) is 37.7 Å². The standard InChI is InChI=1S/C18H21FN6O/c1-10-16(19)17(26)23-18(22-10)25-7-12-5-24(6-13(12)8-25)15-4-14(11-2-3-11)20-9-21-15/h4,9,11-13H,2-3,5-8H2,1H3,(H,22,23,26). The maximum Gasteiger partial charge on any atom is 0.288 e. The molecule has 3 aliphatic rings. The second-order valence-corrected chi connectivity index (χ2v) is 7.69. The Morgan fingerprint density at radius 1 is 1.12 bits per heavy atom. The minimum Gasteiger partial charge on any atom is -0.356 e. The first kappa shape index (κ1) is 15.7. The highest BCUT2D eigenvalue weighted by molar-refractivity contribution is 5.44. The van der Waals surface area contributed by atoms with E-state index in [-0.39, 0.29) is 5.69 Å². The molecule has 0 amide bonds. The van der Waals surface area contributed by atoms with E-state index in [1.807, 2.05) is 0 Å². The fraction of sp³-hybridized carbons (Fsp3) is 0.556. The number of nitrogens with zero attached hydrogens (tertiary/aromatic N) is 5. The monoisotopic (exact) mass is 356 g/mol. The topological polar surface area (TPSA) is 78.0 Å². The number of hydrogen-bond donors (Lipinski definition) is 1. The Hall–Kier alpha value is -2.51. The number of aryl methyl sites for hydroxylation is 1. The molecule has 1 aliphatic carbocycles. The molecule has 2 aliphatic heterocycles. The van der Waals surface area contributed by atoms with E-state index in [2.05, 4.69) is 35.8 Å². The number of rotatable bonds is 3. The number of aromatic nitrogens is 4. The van der Waals surface area contributed by atoms with Crippen LogP contribution in [0.25, 0.3) is 0 Å². The third kappa shape index (κ3) is 2.64. The van der Waals surface area contributed by atoms with Crippen molar-refractivity contribution in [3.63, 3.8) is 0 Å². The van der Waals surface area contributed by atoms with Gasteiger partial charge in [0.2, 0.25) is 11.8 Å². The number of hydrogen-bond acceptors (Lipinski definition) is 6. The lowest BCUT2D eigenvalue weighted by Crippen LogP contribution is -2.32. The largest absolute Gasteiger partial charge is 0.356 e. The van der Waals surface area contributed by atoms with E-state index in [1.165, 1.54) is 19.8 Å². The fourth-order valence-electron chi connectivity index (χ4n) is 4.20. The molecule has 8 heteroatoms. The van der Waals surface area contributed by atoms with Crippen molar-refractivity contribution in [1.82, 2.24) is 19.9 Å². The first-order chi connectivity index (χ1) is 12.6. The van der Waals surface area contributed by atoms with Gasteiger partial charge < -0.3 is 9.80 Å². The summed E-state index contributed by atoms with van der Waals surface area (Å²) in [6.07, 6.45) is 4.15. The third-order valence-electron chi connectivity index (χ3n) is 5.80. The van der Waals surface area contributed by atoms with Crippen LogP contribution in [0.2, 0.25) is 0 Å². The van der Waals surface area contributed by atoms with E-state index in [9.17, 15) is 9.18 Å². The van der Waals surface area contributed by atoms with E-state index in [4.69, 9.17) is 0 Å². The van der Waals surface area contributed by atoms with Gasteiger partial charge in [-0.25, -0.2) is 15.0 Å². The second-order valence-electron chi connectivity index (χ2n) is 7.69. The van der Waals surface area contributed by atoms with Crippen molar-refractivity contribution < 1.29 is 4.39 Å². The molecule has 2 aromatic rings. The third-order valence-corrected chi connectivity index (χ3v) is 5.80. The predicted octanol–water partition coefficient (Wildman–Crippen LogP) is 1.46. The first-order valence-electron chi connectivity index (χ1n) is 9.16. The van der Waals surface area contributed by atoms with Crippen molar-refractivity contribution in [3.8, 4) is 0 Å². The van der Waals surface area contributed by atoms with Gasteiger partial charge in [-0.15, -0.1) is 0 Å². The molecule has 0 bridgehead atoms. The summed E-state index contributed by atoms with van der Waals surface area (Å²) in [6.45, 7) is 5.03. The highest BCUT2D eigenvalue weighted by Crippen LogP contribution is 2.40. The Labute approximate surface area is 150 Å². The van der Waals surface area contributed by atoms with Crippen molar-refractivity contribution in [2.45, 2.75) is 25.7 Å². The number of fused-ring (bicyclic) bond motifs is 1. The van der Waals surface area contributed by atoms with Crippen molar-refractivity contribution in [3.05, 3.63) is 40.0 Å². The lowest BCUT2D eigenvalue weighted by molar-refractivity contribution is 0.533. The van der Waals surface area contributed by atoms with Crippen LogP contribution in [0.4, 0.5) is 16.2 Å². The summed E-state index contributed by atoms with van der Waals surface area (Å²) >= 11 is 0. The summed E-state index contributed by atoms with van der Waals surface area (Å²) in [5.41, 5.74) is 0.619. The van der Waals surface area contributed by atoms with E-state index >= 15 is 0 Å². The Morgan fingerprint density at radius 3 is 2.46 bits per heavy atom. The average molecular weight is 356 g/mol. The van der Waals surface area contributed by atoms with Crippen LogP contribution in [0.15, 0.2) is 17.2 Å². The minimum absolute atomic E-state index is 0.149. The summed E-state index contributed by atoms with van der Waals surface area (Å²) in [4.78, 5) is 31.7. The van der Waals surface area contributed by atoms with Gasteiger partial charge in [-0.1, -0.05) is 0 Å². The number of halogens is 1. The highest BCUT2D eigenvalue weighted by Gasteiger charge is 2.41.